The van der Waals surface area contributed by atoms with Crippen molar-refractivity contribution in [2.45, 2.75) is 19.8 Å². The highest BCUT2D eigenvalue weighted by molar-refractivity contribution is 6.05. The Labute approximate surface area is 125 Å². The van der Waals surface area contributed by atoms with E-state index in [4.69, 9.17) is 0 Å². The SMILES string of the molecule is CCN(CC)c1ccc2c(c1)NC(=O)C2c1ccccc1. The predicted molar refractivity (Wildman–Crippen MR) is 86.9 cm³/mol. The highest BCUT2D eigenvalue weighted by atomic mass is 16.2. The molecule has 3 nitrogen and oxygen atoms in total. The van der Waals surface area contributed by atoms with Crippen LogP contribution in [0.5, 0.6) is 0 Å². The first-order valence-electron chi connectivity index (χ1n) is 7.49. The van der Waals surface area contributed by atoms with Crippen LogP contribution in [0.3, 0.4) is 0 Å². The summed E-state index contributed by atoms with van der Waals surface area (Å²) in [6.45, 7) is 6.21. The number of carbonyl (C=O) groups is 1. The van der Waals surface area contributed by atoms with Crippen LogP contribution in [0.25, 0.3) is 0 Å². The van der Waals surface area contributed by atoms with E-state index in [2.05, 4.69) is 42.3 Å². The van der Waals surface area contributed by atoms with Crippen LogP contribution in [-0.4, -0.2) is 19.0 Å². The first-order chi connectivity index (χ1) is 10.2. The lowest BCUT2D eigenvalue weighted by Gasteiger charge is -2.21. The lowest BCUT2D eigenvalue weighted by Crippen LogP contribution is -2.21. The maximum Gasteiger partial charge on any atom is 0.236 e. The van der Waals surface area contributed by atoms with E-state index in [0.29, 0.717) is 0 Å². The molecule has 0 saturated carbocycles. The molecule has 108 valence electrons. The third kappa shape index (κ3) is 2.40. The number of nitrogens with one attached hydrogen (secondary N) is 1. The van der Waals surface area contributed by atoms with Gasteiger partial charge in [-0.25, -0.2) is 0 Å². The molecule has 0 fully saturated rings. The average Bonchev–Trinajstić information content (AvgIpc) is 2.84. The average molecular weight is 280 g/mol. The summed E-state index contributed by atoms with van der Waals surface area (Å²) >= 11 is 0. The van der Waals surface area contributed by atoms with E-state index in [0.717, 1.165) is 35.6 Å². The summed E-state index contributed by atoms with van der Waals surface area (Å²) in [4.78, 5) is 14.6. The summed E-state index contributed by atoms with van der Waals surface area (Å²) in [6.07, 6.45) is 0. The number of hydrogen-bond donors (Lipinski definition) is 1. The molecule has 1 unspecified atom stereocenters. The van der Waals surface area contributed by atoms with Gasteiger partial charge in [0.2, 0.25) is 5.91 Å². The number of anilines is 2. The molecule has 3 heteroatoms. The minimum absolute atomic E-state index is 0.0629. The zero-order valence-electron chi connectivity index (χ0n) is 12.5. The summed E-state index contributed by atoms with van der Waals surface area (Å²) in [5.41, 5.74) is 4.22. The van der Waals surface area contributed by atoms with Crippen molar-refractivity contribution in [3.05, 3.63) is 59.7 Å². The molecular formula is C18H20N2O. The van der Waals surface area contributed by atoms with Gasteiger partial charge >= 0.3 is 0 Å². The van der Waals surface area contributed by atoms with E-state index in [-0.39, 0.29) is 11.8 Å². The predicted octanol–water partition coefficient (Wildman–Crippen LogP) is 3.62. The van der Waals surface area contributed by atoms with E-state index >= 15 is 0 Å². The highest BCUT2D eigenvalue weighted by Gasteiger charge is 2.31. The number of fused-ring (bicyclic) bond motifs is 1. The highest BCUT2D eigenvalue weighted by Crippen LogP contribution is 2.39. The largest absolute Gasteiger partial charge is 0.372 e. The third-order valence-electron chi connectivity index (χ3n) is 4.13. The summed E-state index contributed by atoms with van der Waals surface area (Å²) < 4.78 is 0. The summed E-state index contributed by atoms with van der Waals surface area (Å²) in [5.74, 6) is -0.125. The standard InChI is InChI=1S/C18H20N2O/c1-3-20(4-2)14-10-11-15-16(12-14)19-18(21)17(15)13-8-6-5-7-9-13/h5-12,17H,3-4H2,1-2H3,(H,19,21). The fourth-order valence-electron chi connectivity index (χ4n) is 3.01. The summed E-state index contributed by atoms with van der Waals surface area (Å²) in [6, 6.07) is 16.2. The maximum atomic E-state index is 12.3. The monoisotopic (exact) mass is 280 g/mol. The molecule has 1 aliphatic rings. The van der Waals surface area contributed by atoms with Crippen molar-refractivity contribution < 1.29 is 4.79 Å². The zero-order valence-corrected chi connectivity index (χ0v) is 12.5. The van der Waals surface area contributed by atoms with Gasteiger partial charge in [-0.3, -0.25) is 4.79 Å². The van der Waals surface area contributed by atoms with Crippen LogP contribution in [0, 0.1) is 0 Å². The van der Waals surface area contributed by atoms with E-state index in [1.807, 2.05) is 30.3 Å². The van der Waals surface area contributed by atoms with Crippen molar-refractivity contribution >= 4 is 17.3 Å². The van der Waals surface area contributed by atoms with E-state index < -0.39 is 0 Å². The first-order valence-corrected chi connectivity index (χ1v) is 7.49. The van der Waals surface area contributed by atoms with E-state index in [9.17, 15) is 4.79 Å². The lowest BCUT2D eigenvalue weighted by molar-refractivity contribution is -0.116. The Kier molecular flexibility index (Phi) is 3.65. The van der Waals surface area contributed by atoms with E-state index in [1.165, 1.54) is 0 Å². The van der Waals surface area contributed by atoms with Gasteiger partial charge in [0.05, 0.1) is 5.92 Å². The van der Waals surface area contributed by atoms with Crippen LogP contribution in [-0.2, 0) is 4.79 Å². The summed E-state index contributed by atoms with van der Waals surface area (Å²) in [5, 5.41) is 3.02. The molecule has 0 aliphatic carbocycles. The summed E-state index contributed by atoms with van der Waals surface area (Å²) in [7, 11) is 0. The molecule has 0 bridgehead atoms. The third-order valence-corrected chi connectivity index (χ3v) is 4.13. The quantitative estimate of drug-likeness (QED) is 0.927. The van der Waals surface area contributed by atoms with Gasteiger partial charge in [0.1, 0.15) is 0 Å². The van der Waals surface area contributed by atoms with Gasteiger partial charge in [-0.05, 0) is 37.1 Å². The molecular weight excluding hydrogens is 260 g/mol. The number of nitrogens with zero attached hydrogens (tertiary/aromatic N) is 1. The van der Waals surface area contributed by atoms with Crippen LogP contribution in [0.2, 0.25) is 0 Å². The van der Waals surface area contributed by atoms with Gasteiger partial charge in [-0.1, -0.05) is 36.4 Å². The molecule has 21 heavy (non-hydrogen) atoms. The molecule has 0 aromatic heterocycles. The topological polar surface area (TPSA) is 32.3 Å². The van der Waals surface area contributed by atoms with Gasteiger partial charge in [0, 0.05) is 24.5 Å². The number of rotatable bonds is 4. The van der Waals surface area contributed by atoms with Gasteiger partial charge in [0.25, 0.3) is 0 Å². The second kappa shape index (κ2) is 5.60. The molecule has 1 aliphatic heterocycles. The second-order valence-corrected chi connectivity index (χ2v) is 5.28. The first kappa shape index (κ1) is 13.7. The fraction of sp³-hybridized carbons (Fsp3) is 0.278. The van der Waals surface area contributed by atoms with Crippen molar-refractivity contribution in [2.24, 2.45) is 0 Å². The van der Waals surface area contributed by atoms with Crippen LogP contribution >= 0.6 is 0 Å². The van der Waals surface area contributed by atoms with Gasteiger partial charge in [-0.2, -0.15) is 0 Å². The molecule has 2 aromatic carbocycles. The molecule has 0 saturated heterocycles. The molecule has 0 spiro atoms. The van der Waals surface area contributed by atoms with E-state index in [1.54, 1.807) is 0 Å². The van der Waals surface area contributed by atoms with Gasteiger partial charge in [0.15, 0.2) is 0 Å². The smallest absolute Gasteiger partial charge is 0.236 e. The van der Waals surface area contributed by atoms with Gasteiger partial charge in [-0.15, -0.1) is 0 Å². The Bertz CT molecular complexity index is 648. The van der Waals surface area contributed by atoms with Crippen molar-refractivity contribution in [3.63, 3.8) is 0 Å². The Morgan fingerprint density at radius 1 is 1.05 bits per heavy atom. The van der Waals surface area contributed by atoms with Crippen molar-refractivity contribution in [3.8, 4) is 0 Å². The molecule has 3 rings (SSSR count). The minimum atomic E-state index is -0.188. The minimum Gasteiger partial charge on any atom is -0.372 e. The Morgan fingerprint density at radius 2 is 1.76 bits per heavy atom. The van der Waals surface area contributed by atoms with Crippen LogP contribution in [0.15, 0.2) is 48.5 Å². The molecule has 2 aromatic rings. The molecule has 1 amide bonds. The number of carbonyl (C=O) groups excluding carboxylic acids is 1. The maximum absolute atomic E-state index is 12.3. The molecule has 1 atom stereocenters. The molecule has 1 N–H and O–H groups in total. The Morgan fingerprint density at radius 3 is 2.43 bits per heavy atom. The second-order valence-electron chi connectivity index (χ2n) is 5.28. The zero-order chi connectivity index (χ0) is 14.8. The lowest BCUT2D eigenvalue weighted by atomic mass is 9.92. The molecule has 1 heterocycles. The van der Waals surface area contributed by atoms with Crippen LogP contribution in [0.4, 0.5) is 11.4 Å². The fourth-order valence-corrected chi connectivity index (χ4v) is 3.01. The Balaban J connectivity index is 2.00. The normalized spacial score (nSPS) is 16.5. The van der Waals surface area contributed by atoms with Gasteiger partial charge < -0.3 is 10.2 Å². The Hall–Kier alpha value is -2.29. The van der Waals surface area contributed by atoms with Crippen LogP contribution < -0.4 is 10.2 Å². The van der Waals surface area contributed by atoms with Crippen LogP contribution in [0.1, 0.15) is 30.9 Å². The molecule has 0 radical (unpaired) electrons. The van der Waals surface area contributed by atoms with Crippen molar-refractivity contribution in [1.82, 2.24) is 0 Å². The van der Waals surface area contributed by atoms with Crippen molar-refractivity contribution in [2.75, 3.05) is 23.3 Å². The number of amides is 1. The number of benzene rings is 2. The number of hydrogen-bond acceptors (Lipinski definition) is 2. The van der Waals surface area contributed by atoms with Crippen molar-refractivity contribution in [1.29, 1.82) is 0 Å².